The lowest BCUT2D eigenvalue weighted by atomic mass is 9.98. The highest BCUT2D eigenvalue weighted by Crippen LogP contribution is 2.20. The number of oxazole rings is 1. The maximum Gasteiger partial charge on any atom is 0.420 e. The van der Waals surface area contributed by atoms with Gasteiger partial charge in [0, 0.05) is 19.6 Å². The Morgan fingerprint density at radius 2 is 1.85 bits per heavy atom. The van der Waals surface area contributed by atoms with Crippen LogP contribution in [0.3, 0.4) is 0 Å². The molecule has 1 aliphatic heterocycles. The van der Waals surface area contributed by atoms with Crippen LogP contribution in [0.4, 0.5) is 0 Å². The minimum absolute atomic E-state index is 0.00720. The van der Waals surface area contributed by atoms with Crippen LogP contribution >= 0.6 is 0 Å². The average molecular weight is 551 g/mol. The number of piperidine rings is 1. The van der Waals surface area contributed by atoms with Crippen LogP contribution in [0.5, 0.6) is 0 Å². The van der Waals surface area contributed by atoms with Crippen molar-refractivity contribution >= 4 is 43.8 Å². The fourth-order valence-corrected chi connectivity index (χ4v) is 6.17. The predicted octanol–water partition coefficient (Wildman–Crippen LogP) is 1.82. The van der Waals surface area contributed by atoms with Crippen molar-refractivity contribution in [2.45, 2.75) is 30.3 Å². The van der Waals surface area contributed by atoms with Crippen molar-refractivity contribution in [2.24, 2.45) is 11.7 Å². The zero-order chi connectivity index (χ0) is 27.6. The number of nitrogens with one attached hydrogen (secondary N) is 3. The summed E-state index contributed by atoms with van der Waals surface area (Å²) >= 11 is 0. The molecule has 5 N–H and O–H groups in total. The van der Waals surface area contributed by atoms with E-state index in [4.69, 9.17) is 15.6 Å². The summed E-state index contributed by atoms with van der Waals surface area (Å²) in [5, 5.41) is 12.2. The number of carbonyl (C=O) groups is 1. The van der Waals surface area contributed by atoms with Gasteiger partial charge in [-0.25, -0.2) is 13.2 Å². The number of rotatable bonds is 8. The van der Waals surface area contributed by atoms with E-state index in [1.54, 1.807) is 41.3 Å². The number of nitrogens with two attached hydrogens (primary N) is 1. The molecule has 0 aliphatic carbocycles. The highest BCUT2D eigenvalue weighted by atomic mass is 32.2. The summed E-state index contributed by atoms with van der Waals surface area (Å²) in [7, 11) is -4.14. The van der Waals surface area contributed by atoms with Crippen molar-refractivity contribution in [3.8, 4) is 0 Å². The molecule has 11 nitrogen and oxygen atoms in total. The lowest BCUT2D eigenvalue weighted by Gasteiger charge is -2.33. The smallest absolute Gasteiger partial charge is 0.408 e. The highest BCUT2D eigenvalue weighted by molar-refractivity contribution is 7.89. The van der Waals surface area contributed by atoms with Crippen LogP contribution in [0, 0.1) is 11.3 Å². The van der Waals surface area contributed by atoms with Gasteiger partial charge in [-0.05, 0) is 53.8 Å². The van der Waals surface area contributed by atoms with Crippen LogP contribution in [0.15, 0.2) is 80.8 Å². The first-order chi connectivity index (χ1) is 18.7. The van der Waals surface area contributed by atoms with E-state index in [2.05, 4.69) is 10.0 Å². The van der Waals surface area contributed by atoms with Crippen molar-refractivity contribution in [1.29, 1.82) is 5.41 Å². The molecule has 39 heavy (non-hydrogen) atoms. The molecule has 0 spiro atoms. The summed E-state index contributed by atoms with van der Waals surface area (Å²) in [5.41, 5.74) is 6.42. The second-order valence-corrected chi connectivity index (χ2v) is 11.4. The molecule has 2 atom stereocenters. The predicted molar refractivity (Wildman–Crippen MR) is 148 cm³/mol. The van der Waals surface area contributed by atoms with Gasteiger partial charge < -0.3 is 20.4 Å². The number of amides is 1. The summed E-state index contributed by atoms with van der Waals surface area (Å²) in [6.07, 6.45) is 1.66. The van der Waals surface area contributed by atoms with Gasteiger partial charge in [-0.2, -0.15) is 4.72 Å². The molecule has 3 aromatic carbocycles. The number of aromatic nitrogens is 1. The number of benzene rings is 3. The lowest BCUT2D eigenvalue weighted by Crippen LogP contribution is -2.52. The molecule has 1 amide bonds. The van der Waals surface area contributed by atoms with E-state index >= 15 is 0 Å². The third-order valence-corrected chi connectivity index (χ3v) is 8.48. The molecule has 0 saturated carbocycles. The van der Waals surface area contributed by atoms with E-state index in [1.165, 1.54) is 10.6 Å². The minimum atomic E-state index is -4.14. The van der Waals surface area contributed by atoms with Crippen LogP contribution in [-0.4, -0.2) is 55.4 Å². The zero-order valence-electron chi connectivity index (χ0n) is 21.2. The molecule has 2 heterocycles. The maximum atomic E-state index is 13.4. The standard InChI is InChI=1S/C27H30N6O5S/c28-26(29)32-13-5-6-18(16-32)15-30-25(34)22(17-33-23-9-3-4-10-24(23)38-27(33)35)31-39(36,37)21-12-11-19-7-1-2-8-20(19)14-21/h1-4,7-12,14,18,22,31H,5-6,13,15-17H2,(H3,28,29)(H,30,34)/t18-,22+/m0/s1. The Morgan fingerprint density at radius 1 is 1.10 bits per heavy atom. The van der Waals surface area contributed by atoms with Crippen molar-refractivity contribution in [3.05, 3.63) is 77.3 Å². The molecular formula is C27H30N6O5S. The van der Waals surface area contributed by atoms with Crippen molar-refractivity contribution in [2.75, 3.05) is 19.6 Å². The van der Waals surface area contributed by atoms with Gasteiger partial charge in [-0.3, -0.25) is 14.8 Å². The van der Waals surface area contributed by atoms with Crippen LogP contribution in [-0.2, 0) is 21.4 Å². The summed E-state index contributed by atoms with van der Waals surface area (Å²) in [5.74, 6) is -1.24. The number of para-hydroxylation sites is 2. The van der Waals surface area contributed by atoms with Gasteiger partial charge in [-0.1, -0.05) is 42.5 Å². The number of fused-ring (bicyclic) bond motifs is 2. The summed E-state index contributed by atoms with van der Waals surface area (Å²) < 4.78 is 35.9. The Hall–Kier alpha value is -4.16. The summed E-state index contributed by atoms with van der Waals surface area (Å²) in [4.78, 5) is 27.8. The number of guanidine groups is 1. The summed E-state index contributed by atoms with van der Waals surface area (Å²) in [6.45, 7) is 1.22. The number of hydrogen-bond donors (Lipinski definition) is 4. The van der Waals surface area contributed by atoms with E-state index in [1.807, 2.05) is 24.3 Å². The Morgan fingerprint density at radius 3 is 2.64 bits per heavy atom. The molecule has 12 heteroatoms. The first-order valence-corrected chi connectivity index (χ1v) is 14.2. The van der Waals surface area contributed by atoms with Gasteiger partial charge in [0.2, 0.25) is 15.9 Å². The monoisotopic (exact) mass is 550 g/mol. The number of hydrogen-bond acceptors (Lipinski definition) is 6. The molecule has 0 unspecified atom stereocenters. The quantitative estimate of drug-likeness (QED) is 0.192. The van der Waals surface area contributed by atoms with Gasteiger partial charge in [-0.15, -0.1) is 0 Å². The Kier molecular flexibility index (Phi) is 7.40. The first-order valence-electron chi connectivity index (χ1n) is 12.7. The Bertz CT molecular complexity index is 1700. The van der Waals surface area contributed by atoms with Crippen molar-refractivity contribution < 1.29 is 17.6 Å². The van der Waals surface area contributed by atoms with Crippen LogP contribution < -0.4 is 21.5 Å². The largest absolute Gasteiger partial charge is 0.420 e. The molecule has 0 radical (unpaired) electrons. The molecule has 0 bridgehead atoms. The van der Waals surface area contributed by atoms with Gasteiger partial charge >= 0.3 is 5.76 Å². The zero-order valence-corrected chi connectivity index (χ0v) is 22.0. The van der Waals surface area contributed by atoms with Crippen LogP contribution in [0.2, 0.25) is 0 Å². The van der Waals surface area contributed by atoms with Crippen molar-refractivity contribution in [3.63, 3.8) is 0 Å². The molecule has 1 aromatic heterocycles. The molecule has 4 aromatic rings. The van der Waals surface area contributed by atoms with E-state index in [-0.39, 0.29) is 29.9 Å². The summed E-state index contributed by atoms with van der Waals surface area (Å²) in [6, 6.07) is 17.6. The number of nitrogens with zero attached hydrogens (tertiary/aromatic N) is 2. The number of likely N-dealkylation sites (tertiary alicyclic amines) is 1. The van der Waals surface area contributed by atoms with Crippen LogP contribution in [0.25, 0.3) is 21.9 Å². The fraction of sp³-hybridized carbons (Fsp3) is 0.296. The number of carbonyl (C=O) groups excluding carboxylic acids is 1. The minimum Gasteiger partial charge on any atom is -0.408 e. The van der Waals surface area contributed by atoms with E-state index in [0.717, 1.165) is 23.6 Å². The fourth-order valence-electron chi connectivity index (χ4n) is 4.95. The SMILES string of the molecule is N=C(N)N1CCC[C@@H](CNC(=O)[C@@H](Cn2c(=O)oc3ccccc32)NS(=O)(=O)c2ccc3ccccc3c2)C1. The Balaban J connectivity index is 1.41. The topological polar surface area (TPSA) is 164 Å². The van der Waals surface area contributed by atoms with Gasteiger partial charge in [0.15, 0.2) is 11.5 Å². The van der Waals surface area contributed by atoms with E-state index in [0.29, 0.717) is 24.2 Å². The second kappa shape index (κ2) is 10.9. The highest BCUT2D eigenvalue weighted by Gasteiger charge is 2.29. The molecule has 1 fully saturated rings. The van der Waals surface area contributed by atoms with Crippen LogP contribution in [0.1, 0.15) is 12.8 Å². The van der Waals surface area contributed by atoms with E-state index in [9.17, 15) is 18.0 Å². The lowest BCUT2D eigenvalue weighted by molar-refractivity contribution is -0.123. The van der Waals surface area contributed by atoms with Crippen molar-refractivity contribution in [1.82, 2.24) is 19.5 Å². The van der Waals surface area contributed by atoms with Gasteiger partial charge in [0.1, 0.15) is 6.04 Å². The van der Waals surface area contributed by atoms with Gasteiger partial charge in [0.25, 0.3) is 0 Å². The third-order valence-electron chi connectivity index (χ3n) is 7.01. The third kappa shape index (κ3) is 5.81. The molecular weight excluding hydrogens is 520 g/mol. The Labute approximate surface area is 225 Å². The maximum absolute atomic E-state index is 13.4. The molecule has 5 rings (SSSR count). The van der Waals surface area contributed by atoms with E-state index < -0.39 is 27.7 Å². The molecule has 1 aliphatic rings. The number of sulfonamides is 1. The first kappa shape index (κ1) is 26.4. The molecule has 204 valence electrons. The average Bonchev–Trinajstić information content (AvgIpc) is 3.25. The normalized spacial score (nSPS) is 16.8. The van der Waals surface area contributed by atoms with Gasteiger partial charge in [0.05, 0.1) is 17.0 Å². The molecule has 1 saturated heterocycles. The second-order valence-electron chi connectivity index (χ2n) is 9.71.